The van der Waals surface area contributed by atoms with Crippen LogP contribution < -0.4 is 0 Å². The molecule has 4 rings (SSSR count). The van der Waals surface area contributed by atoms with Crippen molar-refractivity contribution in [3.05, 3.63) is 65.7 Å². The van der Waals surface area contributed by atoms with Crippen molar-refractivity contribution in [3.8, 4) is 0 Å². The summed E-state index contributed by atoms with van der Waals surface area (Å²) in [5.74, 6) is 0.533. The maximum absolute atomic E-state index is 13.1. The molecule has 0 unspecified atom stereocenters. The van der Waals surface area contributed by atoms with Gasteiger partial charge in [-0.25, -0.2) is 20.8 Å². The summed E-state index contributed by atoms with van der Waals surface area (Å²) in [5, 5.41) is 0.578. The molecule has 8 heteroatoms. The fourth-order valence-electron chi connectivity index (χ4n) is 3.68. The van der Waals surface area contributed by atoms with Crippen molar-refractivity contribution in [2.75, 3.05) is 13.1 Å². The summed E-state index contributed by atoms with van der Waals surface area (Å²) in [4.78, 5) is 0.397. The van der Waals surface area contributed by atoms with Gasteiger partial charge in [0.15, 0.2) is 0 Å². The highest BCUT2D eigenvalue weighted by molar-refractivity contribution is 7.94. The van der Waals surface area contributed by atoms with Crippen molar-refractivity contribution in [2.45, 2.75) is 31.1 Å². The lowest BCUT2D eigenvalue weighted by Gasteiger charge is -2.29. The van der Waals surface area contributed by atoms with Gasteiger partial charge in [0.05, 0.1) is 15.3 Å². The van der Waals surface area contributed by atoms with E-state index in [1.165, 1.54) is 20.5 Å². The van der Waals surface area contributed by atoms with E-state index < -0.39 is 20.0 Å². The Kier molecular flexibility index (Phi) is 5.27. The second-order valence-electron chi connectivity index (χ2n) is 7.56. The average Bonchev–Trinajstić information content (AvgIpc) is 2.93. The Morgan fingerprint density at radius 2 is 1.72 bits per heavy atom. The number of hydrogen-bond acceptors (Lipinski definition) is 4. The number of nitrogens with zero attached hydrogens (tertiary/aromatic N) is 2. The van der Waals surface area contributed by atoms with E-state index in [4.69, 9.17) is 0 Å². The third kappa shape index (κ3) is 3.72. The number of rotatable bonds is 4. The topological polar surface area (TPSA) is 76.5 Å². The van der Waals surface area contributed by atoms with Crippen LogP contribution in [0, 0.1) is 5.92 Å². The van der Waals surface area contributed by atoms with E-state index in [1.807, 2.05) is 6.08 Å². The van der Waals surface area contributed by atoms with Crippen molar-refractivity contribution < 1.29 is 16.8 Å². The van der Waals surface area contributed by atoms with E-state index in [0.717, 1.165) is 12.8 Å². The van der Waals surface area contributed by atoms with Crippen LogP contribution in [0.1, 0.15) is 26.2 Å². The minimum absolute atomic E-state index is 0.197. The third-order valence-electron chi connectivity index (χ3n) is 5.51. The molecule has 154 valence electrons. The molecule has 0 bridgehead atoms. The Balaban J connectivity index is 1.71. The Labute approximate surface area is 171 Å². The van der Waals surface area contributed by atoms with Gasteiger partial charge in [-0.15, -0.1) is 0 Å². The van der Waals surface area contributed by atoms with Crippen LogP contribution in [0.4, 0.5) is 0 Å². The Bertz CT molecular complexity index is 1230. The van der Waals surface area contributed by atoms with Gasteiger partial charge in [0.25, 0.3) is 10.0 Å². The van der Waals surface area contributed by atoms with Crippen molar-refractivity contribution in [1.82, 2.24) is 8.28 Å². The molecule has 1 aromatic carbocycles. The maximum atomic E-state index is 13.1. The van der Waals surface area contributed by atoms with Crippen molar-refractivity contribution in [1.29, 1.82) is 0 Å². The molecular formula is C21H24N2O4S2. The molecule has 2 heterocycles. The van der Waals surface area contributed by atoms with E-state index >= 15 is 0 Å². The Hall–Kier alpha value is -2.16. The molecule has 0 amide bonds. The van der Waals surface area contributed by atoms with Gasteiger partial charge in [-0.3, -0.25) is 0 Å². The van der Waals surface area contributed by atoms with Crippen molar-refractivity contribution in [3.63, 3.8) is 0 Å². The second kappa shape index (κ2) is 7.59. The van der Waals surface area contributed by atoms with Crippen LogP contribution in [0.2, 0.25) is 0 Å². The van der Waals surface area contributed by atoms with Gasteiger partial charge in [-0.05, 0) is 61.6 Å². The number of benzene rings is 1. The largest absolute Gasteiger partial charge is 0.268 e. The molecule has 0 N–H and O–H groups in total. The second-order valence-corrected chi connectivity index (χ2v) is 11.3. The lowest BCUT2D eigenvalue weighted by Crippen LogP contribution is -2.37. The SMILES string of the molecule is CC1CCN(S(=O)(=O)c2ccc3c(ccn3S(=O)(=O)C3=CC=CCC=C3)c2)CC1. The zero-order chi connectivity index (χ0) is 20.6. The van der Waals surface area contributed by atoms with Crippen LogP contribution in [0.15, 0.2) is 70.6 Å². The first-order valence-corrected chi connectivity index (χ1v) is 12.6. The standard InChI is InChI=1S/C21H24N2O4S2/c1-17-10-13-22(14-11-17)28(24,25)20-8-9-21-18(16-20)12-15-23(21)29(26,27)19-6-4-2-3-5-7-19/h2,4-9,12,15-17H,3,10-11,13-14H2,1H3. The molecule has 0 radical (unpaired) electrons. The monoisotopic (exact) mass is 432 g/mol. The molecule has 1 aliphatic carbocycles. The predicted molar refractivity (Wildman–Crippen MR) is 114 cm³/mol. The molecule has 6 nitrogen and oxygen atoms in total. The first-order chi connectivity index (χ1) is 13.8. The summed E-state index contributed by atoms with van der Waals surface area (Å²) < 4.78 is 54.8. The highest BCUT2D eigenvalue weighted by atomic mass is 32.2. The molecule has 29 heavy (non-hydrogen) atoms. The van der Waals surface area contributed by atoms with Crippen LogP contribution in [-0.2, 0) is 20.0 Å². The van der Waals surface area contributed by atoms with Crippen LogP contribution in [0.5, 0.6) is 0 Å². The first kappa shape index (κ1) is 20.1. The van der Waals surface area contributed by atoms with Gasteiger partial charge in [0, 0.05) is 24.7 Å². The lowest BCUT2D eigenvalue weighted by molar-refractivity contribution is 0.288. The summed E-state index contributed by atoms with van der Waals surface area (Å²) in [5.41, 5.74) is 0.457. The van der Waals surface area contributed by atoms with Gasteiger partial charge in [-0.1, -0.05) is 25.2 Å². The molecule has 0 atom stereocenters. The highest BCUT2D eigenvalue weighted by Crippen LogP contribution is 2.28. The number of allylic oxidation sites excluding steroid dienone is 5. The fraction of sp³-hybridized carbons (Fsp3) is 0.333. The van der Waals surface area contributed by atoms with Crippen molar-refractivity contribution in [2.24, 2.45) is 5.92 Å². The molecule has 2 aromatic rings. The van der Waals surface area contributed by atoms with E-state index in [-0.39, 0.29) is 9.80 Å². The zero-order valence-corrected chi connectivity index (χ0v) is 17.9. The quantitative estimate of drug-likeness (QED) is 0.739. The smallest absolute Gasteiger partial charge is 0.241 e. The minimum atomic E-state index is -3.76. The molecule has 1 saturated heterocycles. The van der Waals surface area contributed by atoms with Crippen LogP contribution in [0.3, 0.4) is 0 Å². The number of sulfonamides is 1. The van der Waals surface area contributed by atoms with E-state index in [2.05, 4.69) is 6.92 Å². The fourth-order valence-corrected chi connectivity index (χ4v) is 6.58. The highest BCUT2D eigenvalue weighted by Gasteiger charge is 2.29. The van der Waals surface area contributed by atoms with E-state index in [1.54, 1.807) is 42.5 Å². The molecule has 2 aliphatic rings. The first-order valence-electron chi connectivity index (χ1n) is 9.70. The molecule has 1 fully saturated rings. The summed E-state index contributed by atoms with van der Waals surface area (Å²) in [6.45, 7) is 3.17. The van der Waals surface area contributed by atoms with E-state index in [9.17, 15) is 16.8 Å². The Morgan fingerprint density at radius 3 is 2.48 bits per heavy atom. The maximum Gasteiger partial charge on any atom is 0.268 e. The average molecular weight is 433 g/mol. The van der Waals surface area contributed by atoms with Crippen molar-refractivity contribution >= 4 is 30.9 Å². The van der Waals surface area contributed by atoms with Crippen LogP contribution >= 0.6 is 0 Å². The van der Waals surface area contributed by atoms with Gasteiger partial charge >= 0.3 is 0 Å². The minimum Gasteiger partial charge on any atom is -0.241 e. The predicted octanol–water partition coefficient (Wildman–Crippen LogP) is 3.64. The van der Waals surface area contributed by atoms with Gasteiger partial charge in [0.2, 0.25) is 10.0 Å². The van der Waals surface area contributed by atoms with Gasteiger partial charge in [0.1, 0.15) is 0 Å². The number of hydrogen-bond donors (Lipinski definition) is 0. The lowest BCUT2D eigenvalue weighted by atomic mass is 10.0. The van der Waals surface area contributed by atoms with Gasteiger partial charge < -0.3 is 0 Å². The molecular weight excluding hydrogens is 408 g/mol. The number of aromatic nitrogens is 1. The summed E-state index contributed by atoms with van der Waals surface area (Å²) in [6.07, 6.45) is 12.4. The number of piperidine rings is 1. The van der Waals surface area contributed by atoms with Gasteiger partial charge in [-0.2, -0.15) is 4.31 Å². The van der Waals surface area contributed by atoms with E-state index in [0.29, 0.717) is 36.3 Å². The zero-order valence-electron chi connectivity index (χ0n) is 16.2. The molecule has 0 spiro atoms. The molecule has 1 aliphatic heterocycles. The number of fused-ring (bicyclic) bond motifs is 1. The summed E-state index contributed by atoms with van der Waals surface area (Å²) in [7, 11) is -7.35. The van der Waals surface area contributed by atoms with Crippen LogP contribution in [0.25, 0.3) is 10.9 Å². The summed E-state index contributed by atoms with van der Waals surface area (Å²) >= 11 is 0. The summed E-state index contributed by atoms with van der Waals surface area (Å²) in [6, 6.07) is 6.27. The Morgan fingerprint density at radius 1 is 0.966 bits per heavy atom. The molecule has 0 saturated carbocycles. The normalized spacial score (nSPS) is 19.4. The third-order valence-corrected chi connectivity index (χ3v) is 9.11. The van der Waals surface area contributed by atoms with Crippen LogP contribution in [-0.4, -0.2) is 38.2 Å². The molecule has 1 aromatic heterocycles.